The van der Waals surface area contributed by atoms with Gasteiger partial charge in [0.05, 0.1) is 0 Å². The normalized spacial score (nSPS) is 29.8. The Morgan fingerprint density at radius 3 is 2.80 bits per heavy atom. The lowest BCUT2D eigenvalue weighted by molar-refractivity contribution is 0.277. The number of hydrazine groups is 1. The molecular weight excluding hydrogens is 246 g/mol. The summed E-state index contributed by atoms with van der Waals surface area (Å²) >= 11 is 0. The van der Waals surface area contributed by atoms with Crippen LogP contribution in [0.4, 0.5) is 0 Å². The van der Waals surface area contributed by atoms with Gasteiger partial charge >= 0.3 is 0 Å². The van der Waals surface area contributed by atoms with Crippen molar-refractivity contribution >= 4 is 0 Å². The summed E-state index contributed by atoms with van der Waals surface area (Å²) in [4.78, 5) is 4.56. The Balaban J connectivity index is 1.56. The minimum Gasteiger partial charge on any atom is -0.271 e. The molecule has 3 nitrogen and oxygen atoms in total. The molecule has 1 aromatic heterocycles. The van der Waals surface area contributed by atoms with Gasteiger partial charge in [-0.3, -0.25) is 16.3 Å². The van der Waals surface area contributed by atoms with Gasteiger partial charge < -0.3 is 0 Å². The predicted octanol–water partition coefficient (Wildman–Crippen LogP) is 2.84. The lowest BCUT2D eigenvalue weighted by atomic mass is 9.83. The molecule has 0 aliphatic heterocycles. The Labute approximate surface area is 122 Å². The molecule has 3 rings (SSSR count). The maximum absolute atomic E-state index is 5.78. The summed E-state index contributed by atoms with van der Waals surface area (Å²) in [5.41, 5.74) is 5.49. The molecule has 0 radical (unpaired) electrons. The highest BCUT2D eigenvalue weighted by molar-refractivity contribution is 5.14. The summed E-state index contributed by atoms with van der Waals surface area (Å²) < 4.78 is 0. The van der Waals surface area contributed by atoms with Gasteiger partial charge in [-0.1, -0.05) is 19.4 Å². The molecule has 0 aromatic carbocycles. The van der Waals surface area contributed by atoms with Gasteiger partial charge in [0.2, 0.25) is 0 Å². The Morgan fingerprint density at radius 2 is 2.25 bits per heavy atom. The fourth-order valence-corrected chi connectivity index (χ4v) is 4.28. The third kappa shape index (κ3) is 3.04. The van der Waals surface area contributed by atoms with Crippen molar-refractivity contribution in [3.63, 3.8) is 0 Å². The molecule has 3 heteroatoms. The third-order valence-electron chi connectivity index (χ3n) is 5.46. The molecule has 1 heterocycles. The molecule has 0 spiro atoms. The van der Waals surface area contributed by atoms with Gasteiger partial charge in [-0.05, 0) is 61.5 Å². The molecule has 2 aliphatic carbocycles. The quantitative estimate of drug-likeness (QED) is 0.619. The Kier molecular flexibility index (Phi) is 4.37. The van der Waals surface area contributed by atoms with E-state index in [1.165, 1.54) is 37.7 Å². The summed E-state index contributed by atoms with van der Waals surface area (Å²) in [6, 6.07) is 4.72. The predicted molar refractivity (Wildman–Crippen MR) is 82.0 cm³/mol. The molecule has 110 valence electrons. The number of fused-ring (bicyclic) bond motifs is 2. The van der Waals surface area contributed by atoms with Crippen LogP contribution in [-0.4, -0.2) is 11.0 Å². The van der Waals surface area contributed by atoms with Crippen LogP contribution in [0.2, 0.25) is 0 Å². The highest BCUT2D eigenvalue weighted by Gasteiger charge is 2.39. The number of rotatable bonds is 6. The average molecular weight is 273 g/mol. The van der Waals surface area contributed by atoms with Crippen molar-refractivity contribution in [3.8, 4) is 0 Å². The summed E-state index contributed by atoms with van der Waals surface area (Å²) in [6.45, 7) is 2.16. The largest absolute Gasteiger partial charge is 0.271 e. The van der Waals surface area contributed by atoms with Crippen LogP contribution in [0.3, 0.4) is 0 Å². The molecule has 2 aliphatic rings. The molecule has 3 N–H and O–H groups in total. The van der Waals surface area contributed by atoms with Gasteiger partial charge in [-0.25, -0.2) is 0 Å². The zero-order valence-corrected chi connectivity index (χ0v) is 12.5. The number of pyridine rings is 1. The first-order chi connectivity index (χ1) is 9.78. The van der Waals surface area contributed by atoms with Gasteiger partial charge in [0.1, 0.15) is 0 Å². The summed E-state index contributed by atoms with van der Waals surface area (Å²) in [7, 11) is 0. The van der Waals surface area contributed by atoms with E-state index in [0.29, 0.717) is 6.04 Å². The summed E-state index contributed by atoms with van der Waals surface area (Å²) in [6.07, 6.45) is 11.1. The van der Waals surface area contributed by atoms with Crippen molar-refractivity contribution in [3.05, 3.63) is 29.6 Å². The van der Waals surface area contributed by atoms with E-state index in [1.54, 1.807) is 0 Å². The monoisotopic (exact) mass is 273 g/mol. The number of hydrogen-bond acceptors (Lipinski definition) is 3. The molecule has 1 aromatic rings. The van der Waals surface area contributed by atoms with Crippen molar-refractivity contribution in [2.75, 3.05) is 0 Å². The van der Waals surface area contributed by atoms with Crippen LogP contribution < -0.4 is 11.3 Å². The Bertz CT molecular complexity index is 428. The van der Waals surface area contributed by atoms with E-state index in [2.05, 4.69) is 29.5 Å². The van der Waals surface area contributed by atoms with Crippen LogP contribution >= 0.6 is 0 Å². The number of nitrogens with two attached hydrogens (primary N) is 1. The van der Waals surface area contributed by atoms with Gasteiger partial charge in [0.25, 0.3) is 0 Å². The van der Waals surface area contributed by atoms with Crippen LogP contribution in [-0.2, 0) is 12.8 Å². The van der Waals surface area contributed by atoms with Crippen LogP contribution in [0.5, 0.6) is 0 Å². The van der Waals surface area contributed by atoms with Gasteiger partial charge in [0, 0.05) is 24.4 Å². The molecule has 0 saturated heterocycles. The second-order valence-corrected chi connectivity index (χ2v) is 6.75. The van der Waals surface area contributed by atoms with Crippen LogP contribution in [0, 0.1) is 17.8 Å². The summed E-state index contributed by atoms with van der Waals surface area (Å²) in [5, 5.41) is 0. The first-order valence-corrected chi connectivity index (χ1v) is 8.18. The molecule has 4 atom stereocenters. The van der Waals surface area contributed by atoms with Crippen LogP contribution in [0.15, 0.2) is 18.3 Å². The highest BCUT2D eigenvalue weighted by atomic mass is 15.2. The van der Waals surface area contributed by atoms with Gasteiger partial charge in [0.15, 0.2) is 0 Å². The maximum atomic E-state index is 5.78. The van der Waals surface area contributed by atoms with E-state index in [4.69, 9.17) is 5.84 Å². The minimum absolute atomic E-state index is 0.374. The van der Waals surface area contributed by atoms with Crippen molar-refractivity contribution in [2.24, 2.45) is 23.6 Å². The molecule has 2 saturated carbocycles. The molecular formula is C17H27N3. The Morgan fingerprint density at radius 1 is 1.35 bits per heavy atom. The lowest BCUT2D eigenvalue weighted by Crippen LogP contribution is -2.39. The molecule has 20 heavy (non-hydrogen) atoms. The SMILES string of the molecule is CCc1ccc(CC(CC2CC3CCC2C3)NN)nc1. The molecule has 2 bridgehead atoms. The van der Waals surface area contributed by atoms with Crippen molar-refractivity contribution in [2.45, 2.75) is 57.9 Å². The van der Waals surface area contributed by atoms with E-state index >= 15 is 0 Å². The first kappa shape index (κ1) is 14.0. The van der Waals surface area contributed by atoms with Crippen LogP contribution in [0.25, 0.3) is 0 Å². The van der Waals surface area contributed by atoms with Crippen LogP contribution in [0.1, 0.15) is 50.3 Å². The fraction of sp³-hybridized carbons (Fsp3) is 0.706. The number of hydrogen-bond donors (Lipinski definition) is 2. The standard InChI is InChI=1S/C17H27N3/c1-2-12-4-6-16(19-11-12)10-17(20-18)9-15-8-13-3-5-14(15)7-13/h4,6,11,13-15,17,20H,2-3,5,7-10,18H2,1H3. The van der Waals surface area contributed by atoms with Crippen molar-refractivity contribution < 1.29 is 0 Å². The van der Waals surface area contributed by atoms with Gasteiger partial charge in [-0.15, -0.1) is 0 Å². The second kappa shape index (κ2) is 6.23. The van der Waals surface area contributed by atoms with E-state index in [9.17, 15) is 0 Å². The van der Waals surface area contributed by atoms with E-state index in [-0.39, 0.29) is 0 Å². The van der Waals surface area contributed by atoms with E-state index in [0.717, 1.165) is 36.3 Å². The first-order valence-electron chi connectivity index (χ1n) is 8.18. The Hall–Kier alpha value is -0.930. The number of aryl methyl sites for hydroxylation is 1. The maximum Gasteiger partial charge on any atom is 0.0419 e. The fourth-order valence-electron chi connectivity index (χ4n) is 4.28. The zero-order chi connectivity index (χ0) is 13.9. The van der Waals surface area contributed by atoms with E-state index < -0.39 is 0 Å². The molecule has 2 fully saturated rings. The van der Waals surface area contributed by atoms with Crippen molar-refractivity contribution in [1.29, 1.82) is 0 Å². The third-order valence-corrected chi connectivity index (χ3v) is 5.46. The average Bonchev–Trinajstić information content (AvgIpc) is 3.10. The zero-order valence-electron chi connectivity index (χ0n) is 12.5. The van der Waals surface area contributed by atoms with E-state index in [1.807, 2.05) is 6.20 Å². The lowest BCUT2D eigenvalue weighted by Gasteiger charge is -2.26. The number of nitrogens with one attached hydrogen (secondary N) is 1. The highest BCUT2D eigenvalue weighted by Crippen LogP contribution is 2.49. The second-order valence-electron chi connectivity index (χ2n) is 6.75. The van der Waals surface area contributed by atoms with Crippen molar-refractivity contribution in [1.82, 2.24) is 10.4 Å². The smallest absolute Gasteiger partial charge is 0.0419 e. The van der Waals surface area contributed by atoms with Gasteiger partial charge in [-0.2, -0.15) is 0 Å². The topological polar surface area (TPSA) is 50.9 Å². The number of aromatic nitrogens is 1. The number of nitrogens with zero attached hydrogens (tertiary/aromatic N) is 1. The summed E-state index contributed by atoms with van der Waals surface area (Å²) in [5.74, 6) is 8.67. The molecule has 0 amide bonds. The minimum atomic E-state index is 0.374. The molecule has 4 unspecified atom stereocenters.